The fourth-order valence-corrected chi connectivity index (χ4v) is 2.81. The second-order valence-electron chi connectivity index (χ2n) is 5.72. The number of aliphatic hydroxyl groups is 1. The predicted octanol–water partition coefficient (Wildman–Crippen LogP) is -0.115. The fraction of sp³-hybridized carbons (Fsp3) is 0.846. The average Bonchev–Trinajstić information content (AvgIpc) is 2.27. The third-order valence-electron chi connectivity index (χ3n) is 3.25. The van der Waals surface area contributed by atoms with Crippen molar-refractivity contribution < 1.29 is 9.90 Å². The Kier molecular flexibility index (Phi) is 5.17. The maximum Gasteiger partial charge on any atom is 0.242 e. The van der Waals surface area contributed by atoms with E-state index < -0.39 is 0 Å². The van der Waals surface area contributed by atoms with Crippen molar-refractivity contribution in [2.45, 2.75) is 39.3 Å². The summed E-state index contributed by atoms with van der Waals surface area (Å²) in [6, 6.07) is 0.192. The van der Waals surface area contributed by atoms with E-state index in [1.165, 1.54) is 0 Å². The first kappa shape index (κ1) is 15.8. The van der Waals surface area contributed by atoms with Crippen LogP contribution in [0.4, 0.5) is 0 Å². The van der Waals surface area contributed by atoms with Crippen molar-refractivity contribution >= 4 is 11.9 Å². The summed E-state index contributed by atoms with van der Waals surface area (Å²) in [7, 11) is 1.69. The molecular weight excluding hydrogens is 244 g/mol. The number of nitrogens with one attached hydrogen (secondary N) is 1. The Morgan fingerprint density at radius 1 is 1.53 bits per heavy atom. The van der Waals surface area contributed by atoms with E-state index in [9.17, 15) is 4.79 Å². The molecule has 19 heavy (non-hydrogen) atoms. The highest BCUT2D eigenvalue weighted by Crippen LogP contribution is 2.24. The molecule has 6 heteroatoms. The van der Waals surface area contributed by atoms with E-state index in [1.54, 1.807) is 7.05 Å². The van der Waals surface area contributed by atoms with Crippen molar-refractivity contribution in [3.63, 3.8) is 0 Å². The minimum atomic E-state index is -0.236. The van der Waals surface area contributed by atoms with Gasteiger partial charge in [0.25, 0.3) is 0 Å². The Morgan fingerprint density at radius 2 is 2.16 bits per heavy atom. The van der Waals surface area contributed by atoms with Gasteiger partial charge >= 0.3 is 0 Å². The minimum absolute atomic E-state index is 0.0440. The molecule has 1 rings (SSSR count). The number of amides is 1. The Hall–Kier alpha value is -1.30. The van der Waals surface area contributed by atoms with E-state index in [1.807, 2.05) is 23.6 Å². The van der Waals surface area contributed by atoms with E-state index in [2.05, 4.69) is 24.2 Å². The number of guanidine groups is 1. The molecular formula is C13H26N4O2. The number of hydrogen-bond acceptors (Lipinski definition) is 3. The maximum atomic E-state index is 12.3. The van der Waals surface area contributed by atoms with Gasteiger partial charge < -0.3 is 20.2 Å². The molecule has 0 saturated carbocycles. The molecule has 6 nitrogen and oxygen atoms in total. The van der Waals surface area contributed by atoms with Crippen LogP contribution in [0.25, 0.3) is 0 Å². The molecule has 0 radical (unpaired) electrons. The summed E-state index contributed by atoms with van der Waals surface area (Å²) in [5.74, 6) is 0.775. The Morgan fingerprint density at radius 3 is 2.58 bits per heavy atom. The zero-order chi connectivity index (χ0) is 14.6. The van der Waals surface area contributed by atoms with Crippen molar-refractivity contribution in [1.29, 1.82) is 0 Å². The van der Waals surface area contributed by atoms with E-state index in [0.29, 0.717) is 19.0 Å². The van der Waals surface area contributed by atoms with Crippen molar-refractivity contribution in [3.8, 4) is 0 Å². The number of hydrogen-bond donors (Lipinski definition) is 2. The van der Waals surface area contributed by atoms with Crippen molar-refractivity contribution in [2.24, 2.45) is 4.99 Å². The third kappa shape index (κ3) is 3.59. The van der Waals surface area contributed by atoms with Crippen LogP contribution in [0.3, 0.4) is 0 Å². The number of carbonyl (C=O) groups is 1. The molecule has 1 fully saturated rings. The highest BCUT2D eigenvalue weighted by atomic mass is 16.3. The highest BCUT2D eigenvalue weighted by Gasteiger charge is 2.40. The molecule has 0 aliphatic carbocycles. The SMILES string of the molecule is CN=C(NCCO)N1CC(=O)N(C(C)C)C(C)(C)C1. The molecule has 1 aliphatic rings. The molecule has 0 aromatic heterocycles. The summed E-state index contributed by atoms with van der Waals surface area (Å²) < 4.78 is 0. The van der Waals surface area contributed by atoms with Gasteiger partial charge in [-0.15, -0.1) is 0 Å². The molecule has 0 atom stereocenters. The van der Waals surface area contributed by atoms with E-state index >= 15 is 0 Å². The van der Waals surface area contributed by atoms with Crippen LogP contribution in [0.2, 0.25) is 0 Å². The van der Waals surface area contributed by atoms with E-state index in [-0.39, 0.29) is 24.1 Å². The minimum Gasteiger partial charge on any atom is -0.395 e. The van der Waals surface area contributed by atoms with Crippen LogP contribution in [-0.4, -0.2) is 71.6 Å². The smallest absolute Gasteiger partial charge is 0.242 e. The molecule has 0 spiro atoms. The Bertz CT molecular complexity index is 353. The lowest BCUT2D eigenvalue weighted by Gasteiger charge is -2.49. The fourth-order valence-electron chi connectivity index (χ4n) is 2.81. The largest absolute Gasteiger partial charge is 0.395 e. The third-order valence-corrected chi connectivity index (χ3v) is 3.25. The lowest BCUT2D eigenvalue weighted by Crippen LogP contribution is -2.66. The van der Waals surface area contributed by atoms with Crippen LogP contribution in [0.5, 0.6) is 0 Å². The molecule has 2 N–H and O–H groups in total. The summed E-state index contributed by atoms with van der Waals surface area (Å²) in [6.45, 7) is 9.73. The monoisotopic (exact) mass is 270 g/mol. The van der Waals surface area contributed by atoms with Crippen LogP contribution >= 0.6 is 0 Å². The first-order valence-corrected chi connectivity index (χ1v) is 6.72. The molecule has 0 aromatic rings. The van der Waals surface area contributed by atoms with Gasteiger partial charge in [-0.2, -0.15) is 0 Å². The van der Waals surface area contributed by atoms with Gasteiger partial charge in [0.1, 0.15) is 0 Å². The average molecular weight is 270 g/mol. The van der Waals surface area contributed by atoms with Crippen LogP contribution in [-0.2, 0) is 4.79 Å². The maximum absolute atomic E-state index is 12.3. The number of piperazine rings is 1. The summed E-state index contributed by atoms with van der Waals surface area (Å²) in [4.78, 5) is 20.4. The van der Waals surface area contributed by atoms with Gasteiger partial charge in [0.15, 0.2) is 5.96 Å². The highest BCUT2D eigenvalue weighted by molar-refractivity contribution is 5.88. The van der Waals surface area contributed by atoms with Gasteiger partial charge in [0.2, 0.25) is 5.91 Å². The van der Waals surface area contributed by atoms with E-state index in [4.69, 9.17) is 5.11 Å². The molecule has 0 aromatic carbocycles. The van der Waals surface area contributed by atoms with Crippen LogP contribution in [0.1, 0.15) is 27.7 Å². The Labute approximate surface area is 115 Å². The van der Waals surface area contributed by atoms with Gasteiger partial charge in [0, 0.05) is 26.2 Å². The Balaban J connectivity index is 2.84. The number of rotatable bonds is 3. The molecule has 110 valence electrons. The summed E-state index contributed by atoms with van der Waals surface area (Å²) in [5.41, 5.74) is -0.236. The topological polar surface area (TPSA) is 68.2 Å². The van der Waals surface area contributed by atoms with Crippen LogP contribution in [0, 0.1) is 0 Å². The second-order valence-corrected chi connectivity index (χ2v) is 5.72. The van der Waals surface area contributed by atoms with Gasteiger partial charge in [-0.3, -0.25) is 9.79 Å². The molecule has 1 amide bonds. The number of aliphatic hydroxyl groups excluding tert-OH is 1. The molecule has 0 unspecified atom stereocenters. The van der Waals surface area contributed by atoms with Gasteiger partial charge in [-0.05, 0) is 27.7 Å². The standard InChI is InChI=1S/C13H26N4O2/c1-10(2)17-11(19)8-16(9-13(17,3)4)12(14-5)15-6-7-18/h10,18H,6-9H2,1-5H3,(H,14,15). The second kappa shape index (κ2) is 6.23. The molecule has 1 saturated heterocycles. The first-order valence-electron chi connectivity index (χ1n) is 6.72. The summed E-state index contributed by atoms with van der Waals surface area (Å²) in [5, 5.41) is 11.9. The van der Waals surface area contributed by atoms with Crippen LogP contribution in [0.15, 0.2) is 4.99 Å². The van der Waals surface area contributed by atoms with Crippen molar-refractivity contribution in [2.75, 3.05) is 33.3 Å². The van der Waals surface area contributed by atoms with Gasteiger partial charge in [0.05, 0.1) is 18.7 Å². The number of carbonyl (C=O) groups excluding carboxylic acids is 1. The summed E-state index contributed by atoms with van der Waals surface area (Å²) >= 11 is 0. The molecule has 1 aliphatic heterocycles. The normalized spacial score (nSPS) is 20.2. The predicted molar refractivity (Wildman–Crippen MR) is 76.1 cm³/mol. The molecule has 0 bridgehead atoms. The van der Waals surface area contributed by atoms with Gasteiger partial charge in [-0.25, -0.2) is 0 Å². The van der Waals surface area contributed by atoms with Crippen LogP contribution < -0.4 is 5.32 Å². The van der Waals surface area contributed by atoms with E-state index in [0.717, 1.165) is 6.54 Å². The number of nitrogens with zero attached hydrogens (tertiary/aromatic N) is 3. The van der Waals surface area contributed by atoms with Crippen molar-refractivity contribution in [3.05, 3.63) is 0 Å². The lowest BCUT2D eigenvalue weighted by atomic mass is 9.96. The zero-order valence-corrected chi connectivity index (χ0v) is 12.6. The quantitative estimate of drug-likeness (QED) is 0.554. The summed E-state index contributed by atoms with van der Waals surface area (Å²) in [6.07, 6.45) is 0. The lowest BCUT2D eigenvalue weighted by molar-refractivity contribution is -0.145. The molecule has 1 heterocycles. The first-order chi connectivity index (χ1) is 8.83. The van der Waals surface area contributed by atoms with Crippen molar-refractivity contribution in [1.82, 2.24) is 15.1 Å². The van der Waals surface area contributed by atoms with Gasteiger partial charge in [-0.1, -0.05) is 0 Å². The zero-order valence-electron chi connectivity index (χ0n) is 12.6. The number of aliphatic imine (C=N–C) groups is 1.